The molecule has 0 saturated carbocycles. The number of benzene rings is 2. The van der Waals surface area contributed by atoms with Gasteiger partial charge in [0.05, 0.1) is 0 Å². The summed E-state index contributed by atoms with van der Waals surface area (Å²) >= 11 is -2.17. The van der Waals surface area contributed by atoms with Crippen molar-refractivity contribution in [2.24, 2.45) is 0 Å². The molecule has 1 aliphatic rings. The van der Waals surface area contributed by atoms with Gasteiger partial charge < -0.3 is 0 Å². The van der Waals surface area contributed by atoms with Crippen molar-refractivity contribution in [3.05, 3.63) is 74.7 Å². The van der Waals surface area contributed by atoms with E-state index < -0.39 is 32.7 Å². The van der Waals surface area contributed by atoms with Crippen LogP contribution in [0.5, 0.6) is 0 Å². The summed E-state index contributed by atoms with van der Waals surface area (Å²) in [6.45, 7) is 22.3. The summed E-state index contributed by atoms with van der Waals surface area (Å²) < 4.78 is 1.85. The molecule has 2 aromatic rings. The van der Waals surface area contributed by atoms with Crippen LogP contribution in [0.25, 0.3) is 0 Å². The topological polar surface area (TPSA) is 0 Å². The van der Waals surface area contributed by atoms with Crippen molar-refractivity contribution in [2.75, 3.05) is 0 Å². The first-order valence-corrected chi connectivity index (χ1v) is 23.9. The molecule has 3 heteroatoms. The maximum absolute atomic E-state index is 2.66. The van der Waals surface area contributed by atoms with Crippen LogP contribution in [-0.2, 0) is 16.6 Å². The van der Waals surface area contributed by atoms with Crippen molar-refractivity contribution in [1.82, 2.24) is 0 Å². The summed E-state index contributed by atoms with van der Waals surface area (Å²) in [6.07, 6.45) is 0. The molecule has 2 unspecified atom stereocenters. The Balaban J connectivity index is 2.55. The first-order valence-electron chi connectivity index (χ1n) is 12.7. The molecular formula is C30H46Si2Ti. The van der Waals surface area contributed by atoms with E-state index in [1.807, 2.05) is 3.88 Å². The van der Waals surface area contributed by atoms with Gasteiger partial charge in [-0.3, -0.25) is 0 Å². The summed E-state index contributed by atoms with van der Waals surface area (Å²) in [5.41, 5.74) is 6.25. The number of aryl methyl sites for hydroxylation is 1. The molecule has 0 amide bonds. The second kappa shape index (κ2) is 8.93. The van der Waals surface area contributed by atoms with Crippen molar-refractivity contribution < 1.29 is 16.6 Å². The Hall–Kier alpha value is -0.932. The summed E-state index contributed by atoms with van der Waals surface area (Å²) in [5.74, 6) is 0. The van der Waals surface area contributed by atoms with Crippen LogP contribution in [0.15, 0.2) is 69.1 Å². The van der Waals surface area contributed by atoms with Crippen LogP contribution in [0.4, 0.5) is 0 Å². The van der Waals surface area contributed by atoms with E-state index in [9.17, 15) is 0 Å². The number of allylic oxidation sites excluding steroid dienone is 4. The fourth-order valence-electron chi connectivity index (χ4n) is 6.94. The molecule has 0 N–H and O–H groups in total. The Morgan fingerprint density at radius 1 is 0.758 bits per heavy atom. The van der Waals surface area contributed by atoms with Crippen molar-refractivity contribution >= 4 is 31.7 Å². The average molecular weight is 511 g/mol. The van der Waals surface area contributed by atoms with Gasteiger partial charge in [0.25, 0.3) is 0 Å². The number of hydrogen-bond donors (Lipinski definition) is 0. The van der Waals surface area contributed by atoms with E-state index in [0.29, 0.717) is 0 Å². The van der Waals surface area contributed by atoms with Gasteiger partial charge in [-0.25, -0.2) is 0 Å². The van der Waals surface area contributed by atoms with E-state index in [2.05, 4.69) is 125 Å². The third-order valence-corrected chi connectivity index (χ3v) is 20.7. The Morgan fingerprint density at radius 2 is 1.30 bits per heavy atom. The van der Waals surface area contributed by atoms with Crippen LogP contribution in [-0.4, -0.2) is 16.1 Å². The van der Waals surface area contributed by atoms with Crippen molar-refractivity contribution in [2.45, 2.75) is 88.0 Å². The average Bonchev–Trinajstić information content (AvgIpc) is 2.89. The number of rotatable bonds is 6. The quantitative estimate of drug-likeness (QED) is 0.348. The summed E-state index contributed by atoms with van der Waals surface area (Å²) in [7, 11) is -3.66. The van der Waals surface area contributed by atoms with E-state index in [0.717, 1.165) is 0 Å². The normalized spacial score (nSPS) is 21.6. The second-order valence-electron chi connectivity index (χ2n) is 12.6. The molecule has 2 atom stereocenters. The fraction of sp³-hybridized carbons (Fsp3) is 0.467. The Bertz CT molecular complexity index is 1110. The number of hydrogen-bond acceptors (Lipinski definition) is 0. The monoisotopic (exact) mass is 510 g/mol. The molecule has 0 saturated heterocycles. The van der Waals surface area contributed by atoms with Crippen LogP contribution >= 0.6 is 0 Å². The van der Waals surface area contributed by atoms with Gasteiger partial charge in [0.1, 0.15) is 0 Å². The van der Waals surface area contributed by atoms with E-state index in [-0.39, 0.29) is 5.04 Å². The molecule has 0 bridgehead atoms. The molecule has 0 radical (unpaired) electrons. The molecule has 1 aliphatic carbocycles. The van der Waals surface area contributed by atoms with Gasteiger partial charge in [0, 0.05) is 0 Å². The Kier molecular flexibility index (Phi) is 7.22. The van der Waals surface area contributed by atoms with Gasteiger partial charge in [-0.15, -0.1) is 0 Å². The SMILES string of the molecule is CC[Si](c1ccccc1)(c1cc(C)cc([Si](C)(C)C)c1)C1(C)C(C)=C(C)C(C)=[C]1[Ti]([CH3])([CH3])[CH3]. The standard InChI is InChI=1S/C27H37Si2.3CH3.Ti/c1-10-29(24-14-12-11-13-15-24,27(6)19-21(3)22(4)23(27)5)26-17-20(2)16-25(18-26)28(7,8)9;;;;/h11-18H,10H2,1-9H3;3*1H3;. The summed E-state index contributed by atoms with van der Waals surface area (Å²) in [6, 6.07) is 20.6. The maximum atomic E-state index is 2.66. The third-order valence-electron chi connectivity index (χ3n) is 8.59. The van der Waals surface area contributed by atoms with Gasteiger partial charge in [0.2, 0.25) is 0 Å². The van der Waals surface area contributed by atoms with E-state index in [1.165, 1.54) is 11.6 Å². The molecule has 0 fully saturated rings. The predicted octanol–water partition coefficient (Wildman–Crippen LogP) is 7.81. The molecule has 0 nitrogen and oxygen atoms in total. The van der Waals surface area contributed by atoms with E-state index in [4.69, 9.17) is 0 Å². The van der Waals surface area contributed by atoms with Gasteiger partial charge in [-0.1, -0.05) is 0 Å². The van der Waals surface area contributed by atoms with E-state index in [1.54, 1.807) is 32.3 Å². The van der Waals surface area contributed by atoms with Crippen LogP contribution in [0, 0.1) is 6.92 Å². The van der Waals surface area contributed by atoms with Crippen molar-refractivity contribution in [1.29, 1.82) is 0 Å². The zero-order valence-electron chi connectivity index (χ0n) is 23.3. The zero-order chi connectivity index (χ0) is 25.0. The van der Waals surface area contributed by atoms with Crippen LogP contribution < -0.4 is 15.6 Å². The first kappa shape index (κ1) is 26.7. The van der Waals surface area contributed by atoms with Crippen molar-refractivity contribution in [3.8, 4) is 0 Å². The fourth-order valence-corrected chi connectivity index (χ4v) is 21.7. The molecule has 33 heavy (non-hydrogen) atoms. The molecular weight excluding hydrogens is 464 g/mol. The molecule has 0 spiro atoms. The van der Waals surface area contributed by atoms with Gasteiger partial charge in [0.15, 0.2) is 0 Å². The first-order chi connectivity index (χ1) is 15.1. The van der Waals surface area contributed by atoms with Crippen LogP contribution in [0.1, 0.15) is 40.2 Å². The summed E-state index contributed by atoms with van der Waals surface area (Å²) in [4.78, 5) is 0. The predicted molar refractivity (Wildman–Crippen MR) is 153 cm³/mol. The van der Waals surface area contributed by atoms with Gasteiger partial charge in [-0.05, 0) is 0 Å². The zero-order valence-corrected chi connectivity index (χ0v) is 26.9. The Morgan fingerprint density at radius 3 is 1.79 bits per heavy atom. The Labute approximate surface area is 210 Å². The molecule has 3 rings (SSSR count). The van der Waals surface area contributed by atoms with Crippen LogP contribution in [0.3, 0.4) is 0 Å². The van der Waals surface area contributed by atoms with Crippen molar-refractivity contribution in [3.63, 3.8) is 0 Å². The second-order valence-corrected chi connectivity index (χ2v) is 30.1. The molecule has 0 aliphatic heterocycles. The van der Waals surface area contributed by atoms with Gasteiger partial charge >= 0.3 is 211 Å². The van der Waals surface area contributed by atoms with Gasteiger partial charge in [-0.2, -0.15) is 0 Å². The van der Waals surface area contributed by atoms with Crippen LogP contribution in [0.2, 0.25) is 46.4 Å². The summed E-state index contributed by atoms with van der Waals surface area (Å²) in [5, 5.41) is 12.8. The molecule has 178 valence electrons. The molecule has 2 aromatic carbocycles. The third kappa shape index (κ3) is 4.20. The minimum atomic E-state index is -2.22. The van der Waals surface area contributed by atoms with E-state index >= 15 is 0 Å². The minimum absolute atomic E-state index is 0.125. The molecule has 0 aromatic heterocycles. The molecule has 0 heterocycles.